The van der Waals surface area contributed by atoms with E-state index in [-0.39, 0.29) is 17.9 Å². The van der Waals surface area contributed by atoms with Gasteiger partial charge in [-0.05, 0) is 61.7 Å². The Labute approximate surface area is 174 Å². The van der Waals surface area contributed by atoms with E-state index in [0.29, 0.717) is 22.3 Å². The van der Waals surface area contributed by atoms with Gasteiger partial charge in [-0.15, -0.1) is 11.3 Å². The summed E-state index contributed by atoms with van der Waals surface area (Å²) in [5.41, 5.74) is 3.39. The van der Waals surface area contributed by atoms with Gasteiger partial charge in [0, 0.05) is 37.8 Å². The molecule has 1 saturated heterocycles. The molecular weight excluding hydrogens is 394 g/mol. The predicted octanol–water partition coefficient (Wildman–Crippen LogP) is 3.08. The third kappa shape index (κ3) is 4.24. The van der Waals surface area contributed by atoms with Crippen molar-refractivity contribution in [1.29, 1.82) is 0 Å². The number of carbonyl (C=O) groups is 2. The Kier molecular flexibility index (Phi) is 5.71. The summed E-state index contributed by atoms with van der Waals surface area (Å²) in [7, 11) is 2.14. The molecule has 1 atom stereocenters. The number of hydrogen-bond donors (Lipinski definition) is 1. The number of rotatable bonds is 3. The number of nitrogens with zero attached hydrogens (tertiary/aromatic N) is 2. The number of halogens is 1. The molecule has 148 valence electrons. The number of fused-ring (bicyclic) bond motifs is 1. The molecule has 0 saturated carbocycles. The van der Waals surface area contributed by atoms with Gasteiger partial charge in [-0.25, -0.2) is 0 Å². The van der Waals surface area contributed by atoms with Crippen molar-refractivity contribution in [3.8, 4) is 0 Å². The van der Waals surface area contributed by atoms with Crippen LogP contribution >= 0.6 is 22.9 Å². The summed E-state index contributed by atoms with van der Waals surface area (Å²) < 4.78 is 0.600. The summed E-state index contributed by atoms with van der Waals surface area (Å²) in [5, 5.41) is 3.02. The number of amides is 2. The normalized spacial score (nSPS) is 19.9. The van der Waals surface area contributed by atoms with E-state index in [1.807, 2.05) is 11.0 Å². The second kappa shape index (κ2) is 8.23. The van der Waals surface area contributed by atoms with Crippen LogP contribution in [0.25, 0.3) is 0 Å². The molecule has 0 bridgehead atoms. The first-order chi connectivity index (χ1) is 13.5. The van der Waals surface area contributed by atoms with Crippen LogP contribution in [0.1, 0.15) is 37.6 Å². The van der Waals surface area contributed by atoms with Crippen LogP contribution < -0.4 is 5.32 Å². The van der Waals surface area contributed by atoms with E-state index >= 15 is 0 Å². The van der Waals surface area contributed by atoms with Crippen molar-refractivity contribution in [2.45, 2.75) is 25.3 Å². The van der Waals surface area contributed by atoms with Gasteiger partial charge in [-0.3, -0.25) is 9.59 Å². The lowest BCUT2D eigenvalue weighted by atomic mass is 9.99. The van der Waals surface area contributed by atoms with Crippen LogP contribution in [-0.4, -0.2) is 60.9 Å². The zero-order valence-corrected chi connectivity index (χ0v) is 17.5. The molecule has 0 unspecified atom stereocenters. The van der Waals surface area contributed by atoms with Gasteiger partial charge in [0.05, 0.1) is 9.21 Å². The van der Waals surface area contributed by atoms with E-state index in [4.69, 9.17) is 11.6 Å². The fourth-order valence-corrected chi connectivity index (χ4v) is 4.85. The molecular formula is C21H24ClN3O2S. The molecule has 28 heavy (non-hydrogen) atoms. The van der Waals surface area contributed by atoms with Crippen LogP contribution in [0, 0.1) is 0 Å². The molecule has 4 rings (SSSR count). The molecule has 2 amide bonds. The number of likely N-dealkylation sites (tertiary alicyclic amines) is 1. The lowest BCUT2D eigenvalue weighted by molar-refractivity contribution is 0.0783. The number of nitrogens with one attached hydrogen (secondary N) is 1. The van der Waals surface area contributed by atoms with Crippen molar-refractivity contribution in [3.63, 3.8) is 0 Å². The van der Waals surface area contributed by atoms with E-state index in [1.165, 1.54) is 22.5 Å². The third-order valence-electron chi connectivity index (χ3n) is 5.59. The molecule has 7 heteroatoms. The highest BCUT2D eigenvalue weighted by Gasteiger charge is 2.29. The monoisotopic (exact) mass is 417 g/mol. The Morgan fingerprint density at radius 3 is 2.64 bits per heavy atom. The van der Waals surface area contributed by atoms with Crippen LogP contribution in [0.3, 0.4) is 0 Å². The Hall–Kier alpha value is -1.89. The first-order valence-electron chi connectivity index (χ1n) is 9.65. The van der Waals surface area contributed by atoms with E-state index in [0.717, 1.165) is 37.9 Å². The number of likely N-dealkylation sites (N-methyl/N-ethyl adjacent to an activating group) is 1. The molecule has 2 aliphatic rings. The molecule has 2 aliphatic heterocycles. The van der Waals surface area contributed by atoms with Gasteiger partial charge in [0.2, 0.25) is 0 Å². The lowest BCUT2D eigenvalue weighted by Gasteiger charge is -2.18. The second-order valence-corrected chi connectivity index (χ2v) is 9.32. The van der Waals surface area contributed by atoms with Crippen LogP contribution in [0.4, 0.5) is 0 Å². The first kappa shape index (κ1) is 19.4. The number of thiophene rings is 1. The maximum absolute atomic E-state index is 13.0. The van der Waals surface area contributed by atoms with Gasteiger partial charge < -0.3 is 15.1 Å². The quantitative estimate of drug-likeness (QED) is 0.835. The zero-order chi connectivity index (χ0) is 19.7. The van der Waals surface area contributed by atoms with Gasteiger partial charge >= 0.3 is 0 Å². The average Bonchev–Trinajstić information content (AvgIpc) is 3.29. The van der Waals surface area contributed by atoms with E-state index in [9.17, 15) is 9.59 Å². The summed E-state index contributed by atoms with van der Waals surface area (Å²) in [5.74, 6) is -0.0679. The SMILES string of the molecule is CN1CCc2ccc(C(=O)N3CC[C@@H](NC(=O)c4ccc(Cl)s4)C3)cc2CC1. The van der Waals surface area contributed by atoms with Crippen LogP contribution in [0.5, 0.6) is 0 Å². The molecule has 2 aromatic rings. The van der Waals surface area contributed by atoms with E-state index < -0.39 is 0 Å². The molecule has 0 spiro atoms. The highest BCUT2D eigenvalue weighted by molar-refractivity contribution is 7.18. The highest BCUT2D eigenvalue weighted by Crippen LogP contribution is 2.23. The molecule has 5 nitrogen and oxygen atoms in total. The zero-order valence-electron chi connectivity index (χ0n) is 15.9. The maximum atomic E-state index is 13.0. The molecule has 1 N–H and O–H groups in total. The second-order valence-electron chi connectivity index (χ2n) is 7.60. The first-order valence-corrected chi connectivity index (χ1v) is 10.8. The van der Waals surface area contributed by atoms with Crippen molar-refractivity contribution < 1.29 is 9.59 Å². The molecule has 1 fully saturated rings. The van der Waals surface area contributed by atoms with Crippen molar-refractivity contribution >= 4 is 34.8 Å². The fraction of sp³-hybridized carbons (Fsp3) is 0.429. The van der Waals surface area contributed by atoms with Gasteiger partial charge in [-0.2, -0.15) is 0 Å². The molecule has 0 aliphatic carbocycles. The Balaban J connectivity index is 1.39. The van der Waals surface area contributed by atoms with E-state index in [2.05, 4.69) is 29.4 Å². The summed E-state index contributed by atoms with van der Waals surface area (Å²) in [6.07, 6.45) is 2.78. The number of benzene rings is 1. The molecule has 1 aromatic carbocycles. The van der Waals surface area contributed by atoms with Gasteiger partial charge in [0.1, 0.15) is 0 Å². The largest absolute Gasteiger partial charge is 0.347 e. The minimum absolute atomic E-state index is 0.0215. The smallest absolute Gasteiger partial charge is 0.261 e. The number of hydrogen-bond acceptors (Lipinski definition) is 4. The third-order valence-corrected chi connectivity index (χ3v) is 6.82. The topological polar surface area (TPSA) is 52.7 Å². The van der Waals surface area contributed by atoms with Crippen LogP contribution in [-0.2, 0) is 12.8 Å². The lowest BCUT2D eigenvalue weighted by Crippen LogP contribution is -2.38. The minimum atomic E-state index is -0.120. The van der Waals surface area contributed by atoms with Gasteiger partial charge in [-0.1, -0.05) is 17.7 Å². The minimum Gasteiger partial charge on any atom is -0.347 e. The number of carbonyl (C=O) groups excluding carboxylic acids is 2. The van der Waals surface area contributed by atoms with Crippen molar-refractivity contribution in [2.24, 2.45) is 0 Å². The summed E-state index contributed by atoms with van der Waals surface area (Å²) in [6, 6.07) is 9.56. The van der Waals surface area contributed by atoms with Crippen molar-refractivity contribution in [1.82, 2.24) is 15.1 Å². The van der Waals surface area contributed by atoms with E-state index in [1.54, 1.807) is 12.1 Å². The average molecular weight is 418 g/mol. The summed E-state index contributed by atoms with van der Waals surface area (Å²) in [6.45, 7) is 3.29. The highest BCUT2D eigenvalue weighted by atomic mass is 35.5. The molecule has 0 radical (unpaired) electrons. The van der Waals surface area contributed by atoms with Crippen molar-refractivity contribution in [2.75, 3.05) is 33.2 Å². The fourth-order valence-electron chi connectivity index (χ4n) is 3.91. The van der Waals surface area contributed by atoms with Gasteiger partial charge in [0.15, 0.2) is 0 Å². The Bertz CT molecular complexity index is 898. The maximum Gasteiger partial charge on any atom is 0.261 e. The van der Waals surface area contributed by atoms with Crippen LogP contribution in [0.2, 0.25) is 4.34 Å². The standard InChI is InChI=1S/C21H24ClN3O2S/c1-24-9-6-14-2-3-16(12-15(14)7-10-24)21(27)25-11-8-17(13-25)23-20(26)18-4-5-19(22)28-18/h2-5,12,17H,6-11,13H2,1H3,(H,23,26)/t17-/m1/s1. The predicted molar refractivity (Wildman–Crippen MR) is 112 cm³/mol. The van der Waals surface area contributed by atoms with Crippen molar-refractivity contribution in [3.05, 3.63) is 56.2 Å². The molecule has 3 heterocycles. The summed E-state index contributed by atoms with van der Waals surface area (Å²) in [4.78, 5) is 30.1. The van der Waals surface area contributed by atoms with Gasteiger partial charge in [0.25, 0.3) is 11.8 Å². The Morgan fingerprint density at radius 1 is 1.11 bits per heavy atom. The Morgan fingerprint density at radius 2 is 1.89 bits per heavy atom. The molecule has 1 aromatic heterocycles. The summed E-state index contributed by atoms with van der Waals surface area (Å²) >= 11 is 7.17. The van der Waals surface area contributed by atoms with Crippen LogP contribution in [0.15, 0.2) is 30.3 Å².